The highest BCUT2D eigenvalue weighted by molar-refractivity contribution is 9.10. The summed E-state index contributed by atoms with van der Waals surface area (Å²) >= 11 is 6.78. The Labute approximate surface area is 222 Å². The molecule has 35 heavy (non-hydrogen) atoms. The van der Waals surface area contributed by atoms with Gasteiger partial charge in [0, 0.05) is 20.1 Å². The summed E-state index contributed by atoms with van der Waals surface area (Å²) < 4.78 is 13.0. The van der Waals surface area contributed by atoms with E-state index in [9.17, 15) is 9.59 Å². The van der Waals surface area contributed by atoms with Crippen LogP contribution in [0.1, 0.15) is 58.6 Å². The van der Waals surface area contributed by atoms with Crippen molar-refractivity contribution in [2.24, 2.45) is 0 Å². The summed E-state index contributed by atoms with van der Waals surface area (Å²) in [6.07, 6.45) is 2.34. The van der Waals surface area contributed by atoms with Gasteiger partial charge in [0.05, 0.1) is 13.7 Å². The third-order valence-electron chi connectivity index (χ3n) is 5.25. The van der Waals surface area contributed by atoms with Gasteiger partial charge in [-0.05, 0) is 60.5 Å². The van der Waals surface area contributed by atoms with E-state index in [0.717, 1.165) is 28.2 Å². The highest BCUT2D eigenvalue weighted by Gasteiger charge is 2.21. The van der Waals surface area contributed by atoms with Crippen molar-refractivity contribution < 1.29 is 19.1 Å². The molecule has 3 rings (SSSR count). The molecule has 0 aliphatic heterocycles. The van der Waals surface area contributed by atoms with Crippen molar-refractivity contribution in [1.82, 2.24) is 10.6 Å². The highest BCUT2D eigenvalue weighted by Crippen LogP contribution is 2.30. The zero-order valence-electron chi connectivity index (χ0n) is 19.6. The summed E-state index contributed by atoms with van der Waals surface area (Å²) in [5.41, 5.74) is 1.57. The maximum Gasteiger partial charge on any atom is 0.253 e. The minimum atomic E-state index is -0.809. The van der Waals surface area contributed by atoms with Crippen LogP contribution in [0.5, 0.6) is 11.5 Å². The Morgan fingerprint density at radius 1 is 0.829 bits per heavy atom. The van der Waals surface area contributed by atoms with Crippen LogP contribution in [0.25, 0.3) is 0 Å². The molecule has 0 saturated carbocycles. The van der Waals surface area contributed by atoms with Crippen LogP contribution in [0.4, 0.5) is 0 Å². The summed E-state index contributed by atoms with van der Waals surface area (Å²) in [6.45, 7) is 2.73. The van der Waals surface area contributed by atoms with Gasteiger partial charge in [-0.2, -0.15) is 0 Å². The first-order valence-corrected chi connectivity index (χ1v) is 12.9. The van der Waals surface area contributed by atoms with E-state index < -0.39 is 6.17 Å². The van der Waals surface area contributed by atoms with Crippen molar-refractivity contribution in [2.45, 2.75) is 32.4 Å². The van der Waals surface area contributed by atoms with E-state index in [1.165, 1.54) is 0 Å². The first-order chi connectivity index (χ1) is 16.9. The molecule has 2 N–H and O–H groups in total. The SMILES string of the molecule is CCCCCOc1ccc(C(NC(=O)c2cccc(Br)c2)NC(=O)c2cccc(Br)c2)cc1OC. The van der Waals surface area contributed by atoms with E-state index in [1.54, 1.807) is 55.6 Å². The lowest BCUT2D eigenvalue weighted by Crippen LogP contribution is -2.41. The Morgan fingerprint density at radius 2 is 1.43 bits per heavy atom. The molecule has 0 heterocycles. The molecular weight excluding hydrogens is 576 g/mol. The molecule has 8 heteroatoms. The largest absolute Gasteiger partial charge is 0.493 e. The minimum Gasteiger partial charge on any atom is -0.493 e. The monoisotopic (exact) mass is 602 g/mol. The number of hydrogen-bond donors (Lipinski definition) is 2. The summed E-state index contributed by atoms with van der Waals surface area (Å²) in [7, 11) is 1.56. The summed E-state index contributed by atoms with van der Waals surface area (Å²) in [4.78, 5) is 26.1. The number of methoxy groups -OCH3 is 1. The molecule has 0 radical (unpaired) electrons. The molecule has 184 valence electrons. The van der Waals surface area contributed by atoms with Gasteiger partial charge in [0.1, 0.15) is 6.17 Å². The van der Waals surface area contributed by atoms with Crippen molar-refractivity contribution >= 4 is 43.7 Å². The second-order valence-corrected chi connectivity index (χ2v) is 9.70. The average molecular weight is 604 g/mol. The first-order valence-electron chi connectivity index (χ1n) is 11.3. The van der Waals surface area contributed by atoms with Gasteiger partial charge in [0.15, 0.2) is 11.5 Å². The number of amides is 2. The smallest absolute Gasteiger partial charge is 0.253 e. The topological polar surface area (TPSA) is 76.7 Å². The number of carbonyl (C=O) groups excluding carboxylic acids is 2. The van der Waals surface area contributed by atoms with Crippen LogP contribution in [0.3, 0.4) is 0 Å². The first kappa shape index (κ1) is 26.8. The Bertz CT molecular complexity index is 1110. The minimum absolute atomic E-state index is 0.329. The molecule has 0 bridgehead atoms. The molecule has 0 atom stereocenters. The van der Waals surface area contributed by atoms with Gasteiger partial charge in [0.2, 0.25) is 0 Å². The predicted molar refractivity (Wildman–Crippen MR) is 144 cm³/mol. The quantitative estimate of drug-likeness (QED) is 0.190. The van der Waals surface area contributed by atoms with Gasteiger partial charge in [-0.15, -0.1) is 0 Å². The average Bonchev–Trinajstić information content (AvgIpc) is 2.86. The van der Waals surface area contributed by atoms with E-state index in [1.807, 2.05) is 18.2 Å². The molecule has 0 aliphatic rings. The van der Waals surface area contributed by atoms with E-state index in [4.69, 9.17) is 9.47 Å². The number of nitrogens with one attached hydrogen (secondary N) is 2. The summed E-state index contributed by atoms with van der Waals surface area (Å²) in [5.74, 6) is 0.481. The van der Waals surface area contributed by atoms with Crippen molar-refractivity contribution in [3.8, 4) is 11.5 Å². The molecule has 0 fully saturated rings. The molecular formula is C27H28Br2N2O4. The molecule has 6 nitrogen and oxygen atoms in total. The molecule has 0 saturated heterocycles. The normalized spacial score (nSPS) is 10.7. The Kier molecular flexibility index (Phi) is 10.2. The summed E-state index contributed by atoms with van der Waals surface area (Å²) in [6, 6.07) is 19.5. The van der Waals surface area contributed by atoms with Crippen molar-refractivity contribution in [1.29, 1.82) is 0 Å². The molecule has 2 amide bonds. The van der Waals surface area contributed by atoms with Crippen LogP contribution in [-0.4, -0.2) is 25.5 Å². The highest BCUT2D eigenvalue weighted by atomic mass is 79.9. The molecule has 0 aliphatic carbocycles. The van der Waals surface area contributed by atoms with E-state index in [2.05, 4.69) is 49.4 Å². The number of carbonyl (C=O) groups is 2. The molecule has 3 aromatic carbocycles. The fourth-order valence-electron chi connectivity index (χ4n) is 3.41. The van der Waals surface area contributed by atoms with E-state index in [-0.39, 0.29) is 11.8 Å². The lowest BCUT2D eigenvalue weighted by Gasteiger charge is -2.22. The van der Waals surface area contributed by atoms with Gasteiger partial charge in [-0.1, -0.05) is 69.8 Å². The van der Waals surface area contributed by atoms with Gasteiger partial charge < -0.3 is 20.1 Å². The second-order valence-electron chi connectivity index (χ2n) is 7.87. The number of halogens is 2. The van der Waals surface area contributed by atoms with Crippen LogP contribution in [-0.2, 0) is 0 Å². The Morgan fingerprint density at radius 3 is 1.94 bits per heavy atom. The Balaban J connectivity index is 1.87. The fraction of sp³-hybridized carbons (Fsp3) is 0.259. The van der Waals surface area contributed by atoms with Crippen LogP contribution < -0.4 is 20.1 Å². The van der Waals surface area contributed by atoms with Gasteiger partial charge in [-0.25, -0.2) is 0 Å². The maximum absolute atomic E-state index is 13.0. The number of unbranched alkanes of at least 4 members (excludes halogenated alkanes) is 2. The van der Waals surface area contributed by atoms with Crippen molar-refractivity contribution in [2.75, 3.05) is 13.7 Å². The molecule has 0 unspecified atom stereocenters. The molecule has 0 aromatic heterocycles. The lowest BCUT2D eigenvalue weighted by atomic mass is 10.1. The number of rotatable bonds is 11. The van der Waals surface area contributed by atoms with Crippen LogP contribution in [0, 0.1) is 0 Å². The zero-order valence-corrected chi connectivity index (χ0v) is 22.8. The van der Waals surface area contributed by atoms with E-state index in [0.29, 0.717) is 34.8 Å². The molecule has 3 aromatic rings. The summed E-state index contributed by atoms with van der Waals surface area (Å²) in [5, 5.41) is 5.85. The lowest BCUT2D eigenvalue weighted by molar-refractivity contribution is 0.0883. The number of hydrogen-bond acceptors (Lipinski definition) is 4. The molecule has 0 spiro atoms. The fourth-order valence-corrected chi connectivity index (χ4v) is 4.21. The third-order valence-corrected chi connectivity index (χ3v) is 6.24. The predicted octanol–water partition coefficient (Wildman–Crippen LogP) is 6.65. The van der Waals surface area contributed by atoms with Gasteiger partial charge >= 0.3 is 0 Å². The van der Waals surface area contributed by atoms with Crippen molar-refractivity contribution in [3.05, 3.63) is 92.4 Å². The standard InChI is InChI=1S/C27H28Br2N2O4/c1-3-4-5-14-35-23-13-12-18(17-24(23)34-2)25(30-26(32)19-8-6-10-21(28)15-19)31-27(33)20-9-7-11-22(29)16-20/h6-13,15-17,25H,3-5,14H2,1-2H3,(H,30,32)(H,31,33). The number of benzene rings is 3. The number of ether oxygens (including phenoxy) is 2. The van der Waals surface area contributed by atoms with Crippen LogP contribution in [0.2, 0.25) is 0 Å². The van der Waals surface area contributed by atoms with Gasteiger partial charge in [0.25, 0.3) is 11.8 Å². The van der Waals surface area contributed by atoms with Crippen molar-refractivity contribution in [3.63, 3.8) is 0 Å². The van der Waals surface area contributed by atoms with Gasteiger partial charge in [-0.3, -0.25) is 9.59 Å². The Hall–Kier alpha value is -2.84. The maximum atomic E-state index is 13.0. The second kappa shape index (κ2) is 13.3. The van der Waals surface area contributed by atoms with Crippen LogP contribution in [0.15, 0.2) is 75.7 Å². The van der Waals surface area contributed by atoms with E-state index >= 15 is 0 Å². The third kappa shape index (κ3) is 7.83. The van der Waals surface area contributed by atoms with Crippen LogP contribution >= 0.6 is 31.9 Å². The zero-order chi connectivity index (χ0) is 25.2.